The summed E-state index contributed by atoms with van der Waals surface area (Å²) < 4.78 is 0. The van der Waals surface area contributed by atoms with Crippen molar-refractivity contribution in [2.24, 2.45) is 0 Å². The number of fused-ring (bicyclic) bond motifs is 4. The standard InChI is InChI=1S/C18H27N3/c1-11(2)21-16-9-8-12(3)10-13(16)17-18(21)20-15-7-5-4-6-14(15)19-17/h8-11,14-15,17-20H,4-7H2,1-3H3. The number of benzene rings is 1. The molecule has 4 unspecified atom stereocenters. The van der Waals surface area contributed by atoms with Gasteiger partial charge in [0.25, 0.3) is 0 Å². The normalized spacial score (nSPS) is 34.6. The van der Waals surface area contributed by atoms with E-state index < -0.39 is 0 Å². The molecular formula is C18H27N3. The minimum absolute atomic E-state index is 0.418. The molecular weight excluding hydrogens is 258 g/mol. The number of anilines is 1. The van der Waals surface area contributed by atoms with E-state index in [0.29, 0.717) is 30.3 Å². The van der Waals surface area contributed by atoms with Gasteiger partial charge >= 0.3 is 0 Å². The zero-order chi connectivity index (χ0) is 14.6. The third-order valence-corrected chi connectivity index (χ3v) is 5.51. The summed E-state index contributed by atoms with van der Waals surface area (Å²) in [4.78, 5) is 2.58. The average molecular weight is 285 g/mol. The summed E-state index contributed by atoms with van der Waals surface area (Å²) in [6.07, 6.45) is 5.82. The maximum Gasteiger partial charge on any atom is 0.100 e. The molecule has 0 aromatic heterocycles. The lowest BCUT2D eigenvalue weighted by Gasteiger charge is -2.46. The van der Waals surface area contributed by atoms with Gasteiger partial charge < -0.3 is 10.2 Å². The molecule has 2 N–H and O–H groups in total. The molecule has 1 saturated carbocycles. The maximum absolute atomic E-state index is 3.98. The first-order chi connectivity index (χ1) is 10.1. The molecule has 0 radical (unpaired) electrons. The molecule has 2 aliphatic heterocycles. The van der Waals surface area contributed by atoms with Gasteiger partial charge in [-0.15, -0.1) is 0 Å². The van der Waals surface area contributed by atoms with Crippen LogP contribution in [0.1, 0.15) is 56.7 Å². The Balaban J connectivity index is 1.73. The van der Waals surface area contributed by atoms with Gasteiger partial charge in [0.05, 0.1) is 6.04 Å². The van der Waals surface area contributed by atoms with Crippen LogP contribution >= 0.6 is 0 Å². The highest BCUT2D eigenvalue weighted by molar-refractivity contribution is 5.63. The van der Waals surface area contributed by atoms with Crippen molar-refractivity contribution < 1.29 is 0 Å². The molecule has 2 fully saturated rings. The second-order valence-corrected chi connectivity index (χ2v) is 7.32. The van der Waals surface area contributed by atoms with Gasteiger partial charge in [-0.3, -0.25) is 5.32 Å². The summed E-state index contributed by atoms with van der Waals surface area (Å²) in [6, 6.07) is 9.22. The first-order valence-electron chi connectivity index (χ1n) is 8.56. The summed E-state index contributed by atoms with van der Waals surface area (Å²) in [5.41, 5.74) is 4.28. The second kappa shape index (κ2) is 4.99. The highest BCUT2D eigenvalue weighted by Crippen LogP contribution is 2.43. The molecule has 2 heterocycles. The molecule has 1 saturated heterocycles. The van der Waals surface area contributed by atoms with Crippen molar-refractivity contribution in [3.63, 3.8) is 0 Å². The van der Waals surface area contributed by atoms with Crippen molar-refractivity contribution in [3.05, 3.63) is 29.3 Å². The van der Waals surface area contributed by atoms with E-state index in [2.05, 4.69) is 54.5 Å². The molecule has 0 spiro atoms. The van der Waals surface area contributed by atoms with Gasteiger partial charge in [0, 0.05) is 23.8 Å². The summed E-state index contributed by atoms with van der Waals surface area (Å²) in [5, 5.41) is 7.96. The van der Waals surface area contributed by atoms with Crippen LogP contribution < -0.4 is 15.5 Å². The van der Waals surface area contributed by atoms with Gasteiger partial charge in [-0.1, -0.05) is 30.5 Å². The Bertz CT molecular complexity index is 539. The Morgan fingerprint density at radius 2 is 1.81 bits per heavy atom. The molecule has 3 nitrogen and oxygen atoms in total. The number of rotatable bonds is 1. The second-order valence-electron chi connectivity index (χ2n) is 7.32. The van der Waals surface area contributed by atoms with Crippen LogP contribution in [0.4, 0.5) is 5.69 Å². The molecule has 21 heavy (non-hydrogen) atoms. The number of aryl methyl sites for hydroxylation is 1. The Kier molecular flexibility index (Phi) is 3.23. The number of nitrogens with one attached hydrogen (secondary N) is 2. The lowest BCUT2D eigenvalue weighted by Crippen LogP contribution is -2.66. The van der Waals surface area contributed by atoms with Crippen molar-refractivity contribution in [1.82, 2.24) is 10.6 Å². The fraction of sp³-hybridized carbons (Fsp3) is 0.667. The molecule has 0 bridgehead atoms. The van der Waals surface area contributed by atoms with Crippen LogP contribution in [0.25, 0.3) is 0 Å². The van der Waals surface area contributed by atoms with Gasteiger partial charge in [-0.25, -0.2) is 0 Å². The number of hydrogen-bond acceptors (Lipinski definition) is 3. The van der Waals surface area contributed by atoms with Crippen molar-refractivity contribution in [1.29, 1.82) is 0 Å². The van der Waals surface area contributed by atoms with Gasteiger partial charge in [0.15, 0.2) is 0 Å². The summed E-state index contributed by atoms with van der Waals surface area (Å²) >= 11 is 0. The monoisotopic (exact) mass is 285 g/mol. The molecule has 0 amide bonds. The predicted molar refractivity (Wildman–Crippen MR) is 87.6 cm³/mol. The van der Waals surface area contributed by atoms with E-state index in [4.69, 9.17) is 0 Å². The van der Waals surface area contributed by atoms with Crippen molar-refractivity contribution >= 4 is 5.69 Å². The van der Waals surface area contributed by atoms with E-state index >= 15 is 0 Å². The molecule has 1 aromatic carbocycles. The molecule has 3 heteroatoms. The SMILES string of the molecule is Cc1ccc2c(c1)C1NC3CCCCC3NC1N2C(C)C. The van der Waals surface area contributed by atoms with Crippen LogP contribution in [0.3, 0.4) is 0 Å². The Morgan fingerprint density at radius 1 is 1.10 bits per heavy atom. The Labute approximate surface area is 128 Å². The van der Waals surface area contributed by atoms with E-state index in [1.807, 2.05) is 0 Å². The minimum Gasteiger partial charge on any atom is -0.351 e. The summed E-state index contributed by atoms with van der Waals surface area (Å²) in [6.45, 7) is 6.81. The lowest BCUT2D eigenvalue weighted by molar-refractivity contribution is 0.170. The largest absolute Gasteiger partial charge is 0.351 e. The van der Waals surface area contributed by atoms with Crippen LogP contribution in [0, 0.1) is 6.92 Å². The van der Waals surface area contributed by atoms with Crippen LogP contribution in [0.5, 0.6) is 0 Å². The fourth-order valence-electron chi connectivity index (χ4n) is 4.58. The molecule has 1 aromatic rings. The highest BCUT2D eigenvalue weighted by Gasteiger charge is 2.46. The van der Waals surface area contributed by atoms with Gasteiger partial charge in [0.2, 0.25) is 0 Å². The number of piperazine rings is 1. The molecule has 1 aliphatic carbocycles. The zero-order valence-corrected chi connectivity index (χ0v) is 13.4. The van der Waals surface area contributed by atoms with E-state index in [1.165, 1.54) is 42.5 Å². The molecule has 3 aliphatic rings. The van der Waals surface area contributed by atoms with Crippen LogP contribution in [0.15, 0.2) is 18.2 Å². The lowest BCUT2D eigenvalue weighted by atomic mass is 9.86. The first-order valence-corrected chi connectivity index (χ1v) is 8.56. The summed E-state index contributed by atoms with van der Waals surface area (Å²) in [7, 11) is 0. The van der Waals surface area contributed by atoms with Gasteiger partial charge in [-0.2, -0.15) is 0 Å². The zero-order valence-electron chi connectivity index (χ0n) is 13.4. The van der Waals surface area contributed by atoms with Gasteiger partial charge in [0.1, 0.15) is 6.17 Å². The molecule has 4 atom stereocenters. The maximum atomic E-state index is 3.98. The van der Waals surface area contributed by atoms with E-state index in [-0.39, 0.29) is 0 Å². The summed E-state index contributed by atoms with van der Waals surface area (Å²) in [5.74, 6) is 0. The number of hydrogen-bond donors (Lipinski definition) is 2. The van der Waals surface area contributed by atoms with Gasteiger partial charge in [-0.05, 0) is 45.2 Å². The quantitative estimate of drug-likeness (QED) is 0.830. The first kappa shape index (κ1) is 13.6. The smallest absolute Gasteiger partial charge is 0.100 e. The van der Waals surface area contributed by atoms with Crippen LogP contribution in [-0.2, 0) is 0 Å². The topological polar surface area (TPSA) is 27.3 Å². The molecule has 114 valence electrons. The fourth-order valence-corrected chi connectivity index (χ4v) is 4.58. The predicted octanol–water partition coefficient (Wildman–Crippen LogP) is 3.09. The minimum atomic E-state index is 0.418. The van der Waals surface area contributed by atoms with Crippen molar-refractivity contribution in [3.8, 4) is 0 Å². The van der Waals surface area contributed by atoms with Crippen LogP contribution in [-0.4, -0.2) is 24.3 Å². The van der Waals surface area contributed by atoms with E-state index in [1.54, 1.807) is 0 Å². The van der Waals surface area contributed by atoms with Crippen molar-refractivity contribution in [2.45, 2.75) is 76.8 Å². The Morgan fingerprint density at radius 3 is 2.52 bits per heavy atom. The third kappa shape index (κ3) is 2.09. The van der Waals surface area contributed by atoms with Crippen molar-refractivity contribution in [2.75, 3.05) is 4.90 Å². The third-order valence-electron chi connectivity index (χ3n) is 5.51. The van der Waals surface area contributed by atoms with E-state index in [9.17, 15) is 0 Å². The Hall–Kier alpha value is -1.06. The van der Waals surface area contributed by atoms with E-state index in [0.717, 1.165) is 0 Å². The highest BCUT2D eigenvalue weighted by atomic mass is 15.4. The molecule has 4 rings (SSSR count). The van der Waals surface area contributed by atoms with Crippen LogP contribution in [0.2, 0.25) is 0 Å². The average Bonchev–Trinajstić information content (AvgIpc) is 2.78. The number of nitrogens with zero attached hydrogens (tertiary/aromatic N) is 1.